The van der Waals surface area contributed by atoms with E-state index in [0.29, 0.717) is 36.4 Å². The molecular weight excluding hydrogens is 556 g/mol. The molecule has 3 heterocycles. The van der Waals surface area contributed by atoms with Crippen LogP contribution in [0, 0.1) is 11.8 Å². The summed E-state index contributed by atoms with van der Waals surface area (Å²) >= 11 is 6.14. The molecule has 0 radical (unpaired) electrons. The van der Waals surface area contributed by atoms with E-state index >= 15 is 0 Å². The van der Waals surface area contributed by atoms with Crippen molar-refractivity contribution in [2.24, 2.45) is 11.8 Å². The zero-order valence-corrected chi connectivity index (χ0v) is 24.5. The summed E-state index contributed by atoms with van der Waals surface area (Å²) in [4.78, 5) is 45.8. The first-order valence-corrected chi connectivity index (χ1v) is 14.7. The molecule has 42 heavy (non-hydrogen) atoms. The number of nitrogens with zero attached hydrogens (tertiary/aromatic N) is 2. The van der Waals surface area contributed by atoms with Crippen LogP contribution in [0.15, 0.2) is 79.9 Å². The molecule has 222 valence electrons. The number of likely N-dealkylation sites (tertiary alicyclic amines) is 1. The average molecular weight is 593 g/mol. The van der Waals surface area contributed by atoms with Crippen LogP contribution in [-0.4, -0.2) is 70.8 Å². The number of ether oxygens (including phenoxy) is 2. The fourth-order valence-corrected chi connectivity index (χ4v) is 7.21. The summed E-state index contributed by atoms with van der Waals surface area (Å²) in [5, 5.41) is 11.2. The van der Waals surface area contributed by atoms with E-state index in [1.807, 2.05) is 37.3 Å². The second kappa shape index (κ2) is 12.0. The van der Waals surface area contributed by atoms with Gasteiger partial charge in [0, 0.05) is 17.3 Å². The molecule has 0 saturated carbocycles. The van der Waals surface area contributed by atoms with Crippen molar-refractivity contribution < 1.29 is 29.0 Å². The van der Waals surface area contributed by atoms with Gasteiger partial charge in [0.2, 0.25) is 5.91 Å². The number of halogens is 1. The Morgan fingerprint density at radius 3 is 2.52 bits per heavy atom. The molecule has 1 N–H and O–H groups in total. The zero-order chi connectivity index (χ0) is 30.1. The molecule has 2 aromatic carbocycles. The van der Waals surface area contributed by atoms with E-state index < -0.39 is 41.1 Å². The number of hydrogen-bond donors (Lipinski definition) is 1. The van der Waals surface area contributed by atoms with Crippen molar-refractivity contribution >= 4 is 35.1 Å². The first-order valence-electron chi connectivity index (χ1n) is 14.3. The lowest BCUT2D eigenvalue weighted by atomic mass is 9.66. The predicted octanol–water partition coefficient (Wildman–Crippen LogP) is 4.35. The first-order chi connectivity index (χ1) is 20.2. The molecule has 9 heteroatoms. The Labute approximate surface area is 251 Å². The van der Waals surface area contributed by atoms with Gasteiger partial charge in [-0.25, -0.2) is 0 Å². The van der Waals surface area contributed by atoms with E-state index in [1.54, 1.807) is 41.3 Å². The second-order valence-corrected chi connectivity index (χ2v) is 11.9. The van der Waals surface area contributed by atoms with Crippen LogP contribution in [-0.2, 0) is 30.3 Å². The van der Waals surface area contributed by atoms with Gasteiger partial charge in [-0.2, -0.15) is 0 Å². The Balaban J connectivity index is 1.60. The minimum atomic E-state index is -1.26. The molecule has 3 saturated heterocycles. The molecule has 3 aliphatic heterocycles. The maximum Gasteiger partial charge on any atom is 0.312 e. The lowest BCUT2D eigenvalue weighted by Crippen LogP contribution is -2.59. The minimum absolute atomic E-state index is 0.145. The Morgan fingerprint density at radius 1 is 1.17 bits per heavy atom. The minimum Gasteiger partial charge on any atom is -0.465 e. The Morgan fingerprint density at radius 2 is 1.88 bits per heavy atom. The molecular formula is C33H37ClN2O6. The quantitative estimate of drug-likeness (QED) is 0.224. The SMILES string of the molecule is C=CCCOC(=O)[C@H]1[C@H]2C(=O)N([C@@H](CO)Cc3ccccc3)C(C(=O)N(CC=C)c3ccc(Cl)cc3)C23CC[C@]1(C)O3. The largest absolute Gasteiger partial charge is 0.465 e. The fourth-order valence-electron chi connectivity index (χ4n) is 7.08. The van der Waals surface area contributed by atoms with Gasteiger partial charge in [-0.05, 0) is 62.4 Å². The standard InChI is InChI=1S/C33H37ClN2O6/c1-4-6-19-41-31(40)27-26-29(38)36(25(21-37)20-22-10-8-7-9-11-22)28(33(26)17-16-32(27,3)42-33)30(39)35(18-5-2)24-14-12-23(34)13-15-24/h4-5,7-15,25-28,37H,1-2,6,16-21H2,3H3/t25-,26+,27-,28?,32+,33?/m1/s1. The summed E-state index contributed by atoms with van der Waals surface area (Å²) in [5.41, 5.74) is -0.739. The number of benzene rings is 2. The topological polar surface area (TPSA) is 96.4 Å². The highest BCUT2D eigenvalue weighted by atomic mass is 35.5. The molecule has 2 amide bonds. The monoisotopic (exact) mass is 592 g/mol. The number of carbonyl (C=O) groups excluding carboxylic acids is 3. The molecule has 5 rings (SSSR count). The van der Waals surface area contributed by atoms with Crippen LogP contribution < -0.4 is 4.90 Å². The summed E-state index contributed by atoms with van der Waals surface area (Å²) in [6.45, 7) is 9.30. The maximum absolute atomic E-state index is 14.7. The highest BCUT2D eigenvalue weighted by Crippen LogP contribution is 2.63. The van der Waals surface area contributed by atoms with Crippen LogP contribution in [0.1, 0.15) is 31.7 Å². The number of aliphatic hydroxyl groups is 1. The van der Waals surface area contributed by atoms with E-state index in [4.69, 9.17) is 21.1 Å². The van der Waals surface area contributed by atoms with Crippen LogP contribution in [0.5, 0.6) is 0 Å². The summed E-state index contributed by atoms with van der Waals surface area (Å²) < 4.78 is 12.3. The molecule has 3 fully saturated rings. The van der Waals surface area contributed by atoms with Gasteiger partial charge in [0.25, 0.3) is 5.91 Å². The molecule has 6 atom stereocenters. The maximum atomic E-state index is 14.7. The first kappa shape index (κ1) is 30.0. The number of rotatable bonds is 12. The van der Waals surface area contributed by atoms with Gasteiger partial charge < -0.3 is 24.4 Å². The van der Waals surface area contributed by atoms with Crippen LogP contribution in [0.4, 0.5) is 5.69 Å². The van der Waals surface area contributed by atoms with Crippen molar-refractivity contribution in [2.75, 3.05) is 24.7 Å². The third kappa shape index (κ3) is 5.06. The van der Waals surface area contributed by atoms with E-state index in [1.165, 1.54) is 4.90 Å². The third-order valence-corrected chi connectivity index (χ3v) is 9.15. The van der Waals surface area contributed by atoms with Gasteiger partial charge in [-0.15, -0.1) is 13.2 Å². The number of esters is 1. The predicted molar refractivity (Wildman–Crippen MR) is 160 cm³/mol. The van der Waals surface area contributed by atoms with Crippen molar-refractivity contribution in [3.8, 4) is 0 Å². The smallest absolute Gasteiger partial charge is 0.312 e. The average Bonchev–Trinajstić information content (AvgIpc) is 3.56. The lowest BCUT2D eigenvalue weighted by molar-refractivity contribution is -0.160. The van der Waals surface area contributed by atoms with Crippen LogP contribution in [0.25, 0.3) is 0 Å². The van der Waals surface area contributed by atoms with Gasteiger partial charge >= 0.3 is 5.97 Å². The van der Waals surface area contributed by atoms with E-state index in [-0.39, 0.29) is 31.6 Å². The Hall–Kier alpha value is -3.46. The number of amides is 2. The number of hydrogen-bond acceptors (Lipinski definition) is 6. The van der Waals surface area contributed by atoms with E-state index in [0.717, 1.165) is 5.56 Å². The summed E-state index contributed by atoms with van der Waals surface area (Å²) in [5.74, 6) is -3.08. The van der Waals surface area contributed by atoms with Crippen LogP contribution in [0.3, 0.4) is 0 Å². The van der Waals surface area contributed by atoms with E-state index in [2.05, 4.69) is 13.2 Å². The van der Waals surface area contributed by atoms with Gasteiger partial charge in [-0.1, -0.05) is 54.1 Å². The van der Waals surface area contributed by atoms with Crippen molar-refractivity contribution in [1.82, 2.24) is 4.90 Å². The van der Waals surface area contributed by atoms with Gasteiger partial charge in [0.05, 0.1) is 30.8 Å². The van der Waals surface area contributed by atoms with Crippen molar-refractivity contribution in [1.29, 1.82) is 0 Å². The molecule has 0 aromatic heterocycles. The molecule has 2 bridgehead atoms. The molecule has 0 aliphatic carbocycles. The Kier molecular flexibility index (Phi) is 8.60. The van der Waals surface area contributed by atoms with Gasteiger partial charge in [0.15, 0.2) is 0 Å². The van der Waals surface area contributed by atoms with Crippen LogP contribution >= 0.6 is 11.6 Å². The fraction of sp³-hybridized carbons (Fsp3) is 0.424. The zero-order valence-electron chi connectivity index (χ0n) is 23.8. The van der Waals surface area contributed by atoms with Crippen molar-refractivity contribution in [2.45, 2.75) is 55.9 Å². The molecule has 3 aliphatic rings. The molecule has 8 nitrogen and oxygen atoms in total. The number of anilines is 1. The number of aliphatic hydroxyl groups excluding tert-OH is 1. The molecule has 1 spiro atoms. The number of carbonyl (C=O) groups is 3. The van der Waals surface area contributed by atoms with Gasteiger partial charge in [0.1, 0.15) is 17.6 Å². The second-order valence-electron chi connectivity index (χ2n) is 11.5. The normalized spacial score (nSPS) is 28.3. The summed E-state index contributed by atoms with van der Waals surface area (Å²) in [7, 11) is 0. The molecule has 2 unspecified atom stereocenters. The van der Waals surface area contributed by atoms with Gasteiger partial charge in [-0.3, -0.25) is 14.4 Å². The van der Waals surface area contributed by atoms with Crippen LogP contribution in [0.2, 0.25) is 5.02 Å². The van der Waals surface area contributed by atoms with Crippen molar-refractivity contribution in [3.63, 3.8) is 0 Å². The highest BCUT2D eigenvalue weighted by molar-refractivity contribution is 6.30. The van der Waals surface area contributed by atoms with Crippen molar-refractivity contribution in [3.05, 3.63) is 90.5 Å². The lowest BCUT2D eigenvalue weighted by Gasteiger charge is -2.39. The third-order valence-electron chi connectivity index (χ3n) is 8.90. The number of fused-ring (bicyclic) bond motifs is 1. The summed E-state index contributed by atoms with van der Waals surface area (Å²) in [6, 6.07) is 14.6. The Bertz CT molecular complexity index is 1350. The highest BCUT2D eigenvalue weighted by Gasteiger charge is 2.79. The summed E-state index contributed by atoms with van der Waals surface area (Å²) in [6.07, 6.45) is 4.98. The molecule has 2 aromatic rings. The van der Waals surface area contributed by atoms with E-state index in [9.17, 15) is 19.5 Å².